The molecule has 0 bridgehead atoms. The molecule has 87 valence electrons. The summed E-state index contributed by atoms with van der Waals surface area (Å²) in [6.45, 7) is -2.74. The minimum absolute atomic E-state index is 0.0582. The standard InChI is InChI=1S/C10H8ClF2O3/c11-5-3-6-7(14)1-2-15-9(6)8(4-5)16-10(12)13/h3-4,10,14H,1-2H2. The van der Waals surface area contributed by atoms with Gasteiger partial charge in [-0.3, -0.25) is 0 Å². The molecule has 0 unspecified atom stereocenters. The third-order valence-electron chi connectivity index (χ3n) is 2.13. The monoisotopic (exact) mass is 249 g/mol. The van der Waals surface area contributed by atoms with Crippen molar-refractivity contribution in [2.75, 3.05) is 6.61 Å². The molecular weight excluding hydrogens is 242 g/mol. The zero-order chi connectivity index (χ0) is 11.7. The number of fused-ring (bicyclic) bond motifs is 1. The number of hydrogen-bond donors (Lipinski definition) is 1. The predicted molar refractivity (Wildman–Crippen MR) is 52.5 cm³/mol. The van der Waals surface area contributed by atoms with Gasteiger partial charge in [-0.15, -0.1) is 0 Å². The molecule has 1 N–H and O–H groups in total. The number of benzene rings is 1. The molecule has 0 saturated carbocycles. The van der Waals surface area contributed by atoms with Crippen LogP contribution in [0.3, 0.4) is 0 Å². The Kier molecular flexibility index (Phi) is 3.16. The van der Waals surface area contributed by atoms with Crippen molar-refractivity contribution < 1.29 is 23.4 Å². The Morgan fingerprint density at radius 2 is 2.19 bits per heavy atom. The second kappa shape index (κ2) is 4.43. The first-order valence-corrected chi connectivity index (χ1v) is 4.92. The molecule has 3 nitrogen and oxygen atoms in total. The molecule has 1 radical (unpaired) electrons. The van der Waals surface area contributed by atoms with Gasteiger partial charge in [0.1, 0.15) is 6.10 Å². The average Bonchev–Trinajstić information content (AvgIpc) is 2.18. The van der Waals surface area contributed by atoms with E-state index in [0.717, 1.165) is 0 Å². The molecule has 1 aliphatic heterocycles. The fourth-order valence-electron chi connectivity index (χ4n) is 1.50. The Labute approximate surface area is 95.5 Å². The third kappa shape index (κ3) is 2.20. The molecule has 6 heteroatoms. The Morgan fingerprint density at radius 1 is 1.44 bits per heavy atom. The van der Waals surface area contributed by atoms with Crippen LogP contribution in [0.5, 0.6) is 11.5 Å². The lowest BCUT2D eigenvalue weighted by molar-refractivity contribution is -0.0518. The summed E-state index contributed by atoms with van der Waals surface area (Å²) >= 11 is 5.73. The van der Waals surface area contributed by atoms with E-state index in [0.29, 0.717) is 12.0 Å². The summed E-state index contributed by atoms with van der Waals surface area (Å²) in [5, 5.41) is 9.78. The van der Waals surface area contributed by atoms with Crippen molar-refractivity contribution in [2.45, 2.75) is 13.0 Å². The van der Waals surface area contributed by atoms with Gasteiger partial charge in [-0.1, -0.05) is 11.6 Å². The van der Waals surface area contributed by atoms with Crippen LogP contribution in [0.1, 0.15) is 12.0 Å². The predicted octanol–water partition coefficient (Wildman–Crippen LogP) is 2.98. The van der Waals surface area contributed by atoms with Crippen LogP contribution >= 0.6 is 11.6 Å². The SMILES string of the molecule is O[C]1CCOc2c(OC(F)F)cc(Cl)cc21. The summed E-state index contributed by atoms with van der Waals surface area (Å²) in [6.07, 6.45) is 0.379. The summed E-state index contributed by atoms with van der Waals surface area (Å²) < 4.78 is 33.7. The van der Waals surface area contributed by atoms with E-state index < -0.39 is 6.61 Å². The maximum atomic E-state index is 12.1. The van der Waals surface area contributed by atoms with Crippen LogP contribution in [0, 0.1) is 6.10 Å². The lowest BCUT2D eigenvalue weighted by Crippen LogP contribution is -2.16. The molecule has 0 spiro atoms. The van der Waals surface area contributed by atoms with Crippen LogP contribution in [-0.4, -0.2) is 18.3 Å². The van der Waals surface area contributed by atoms with Crippen LogP contribution in [0.15, 0.2) is 12.1 Å². The highest BCUT2D eigenvalue weighted by Gasteiger charge is 2.25. The van der Waals surface area contributed by atoms with Gasteiger partial charge in [0, 0.05) is 23.1 Å². The molecule has 16 heavy (non-hydrogen) atoms. The lowest BCUT2D eigenvalue weighted by Gasteiger charge is -2.23. The first-order valence-electron chi connectivity index (χ1n) is 4.54. The van der Waals surface area contributed by atoms with Crippen molar-refractivity contribution in [1.29, 1.82) is 0 Å². The number of rotatable bonds is 2. The topological polar surface area (TPSA) is 38.7 Å². The number of ether oxygens (including phenoxy) is 2. The van der Waals surface area contributed by atoms with Crippen LogP contribution in [0.2, 0.25) is 5.02 Å². The fraction of sp³-hybridized carbons (Fsp3) is 0.300. The number of halogens is 3. The molecule has 1 aliphatic rings. The van der Waals surface area contributed by atoms with Crippen LogP contribution in [-0.2, 0) is 0 Å². The first-order chi connectivity index (χ1) is 7.58. The Hall–Kier alpha value is -1.07. The van der Waals surface area contributed by atoms with Crippen molar-refractivity contribution in [3.8, 4) is 11.5 Å². The van der Waals surface area contributed by atoms with E-state index in [2.05, 4.69) is 4.74 Å². The summed E-state index contributed by atoms with van der Waals surface area (Å²) in [7, 11) is 0. The van der Waals surface area contributed by atoms with Gasteiger partial charge in [-0.05, 0) is 6.07 Å². The van der Waals surface area contributed by atoms with Gasteiger partial charge in [0.2, 0.25) is 0 Å². The van der Waals surface area contributed by atoms with Crippen molar-refractivity contribution in [1.82, 2.24) is 0 Å². The van der Waals surface area contributed by atoms with Gasteiger partial charge in [0.15, 0.2) is 11.5 Å². The van der Waals surface area contributed by atoms with E-state index in [9.17, 15) is 13.9 Å². The highest BCUT2D eigenvalue weighted by atomic mass is 35.5. The van der Waals surface area contributed by atoms with Gasteiger partial charge in [-0.2, -0.15) is 8.78 Å². The van der Waals surface area contributed by atoms with E-state index in [-0.39, 0.29) is 29.2 Å². The van der Waals surface area contributed by atoms with Crippen LogP contribution < -0.4 is 9.47 Å². The molecule has 0 atom stereocenters. The number of aliphatic hydroxyl groups is 1. The molecule has 1 aromatic carbocycles. The maximum Gasteiger partial charge on any atom is 0.387 e. The van der Waals surface area contributed by atoms with Gasteiger partial charge in [-0.25, -0.2) is 0 Å². The average molecular weight is 250 g/mol. The van der Waals surface area contributed by atoms with E-state index in [4.69, 9.17) is 16.3 Å². The normalized spacial score (nSPS) is 15.8. The lowest BCUT2D eigenvalue weighted by atomic mass is 10.0. The summed E-state index contributed by atoms with van der Waals surface area (Å²) in [6, 6.07) is 2.68. The first kappa shape index (κ1) is 11.4. The Bertz CT molecular complexity index is 398. The number of alkyl halides is 2. The molecule has 1 heterocycles. The second-order valence-electron chi connectivity index (χ2n) is 3.20. The van der Waals surface area contributed by atoms with Gasteiger partial charge >= 0.3 is 6.61 Å². The molecule has 0 fully saturated rings. The minimum atomic E-state index is -2.96. The summed E-state index contributed by atoms with van der Waals surface area (Å²) in [4.78, 5) is 0. The molecule has 2 rings (SSSR count). The zero-order valence-corrected chi connectivity index (χ0v) is 8.80. The molecule has 0 aromatic heterocycles. The van der Waals surface area contributed by atoms with Crippen molar-refractivity contribution in [3.63, 3.8) is 0 Å². The maximum absolute atomic E-state index is 12.1. The zero-order valence-electron chi connectivity index (χ0n) is 8.04. The van der Waals surface area contributed by atoms with Gasteiger partial charge in [0.25, 0.3) is 0 Å². The number of hydrogen-bond acceptors (Lipinski definition) is 3. The summed E-state index contributed by atoms with van der Waals surface area (Å²) in [5.41, 5.74) is 0.300. The molecule has 1 aromatic rings. The van der Waals surface area contributed by atoms with Gasteiger partial charge in [0.05, 0.1) is 6.61 Å². The third-order valence-corrected chi connectivity index (χ3v) is 2.35. The minimum Gasteiger partial charge on any atom is -0.489 e. The van der Waals surface area contributed by atoms with Crippen molar-refractivity contribution in [2.24, 2.45) is 0 Å². The Morgan fingerprint density at radius 3 is 2.88 bits per heavy atom. The highest BCUT2D eigenvalue weighted by molar-refractivity contribution is 6.30. The smallest absolute Gasteiger partial charge is 0.387 e. The summed E-state index contributed by atoms with van der Waals surface area (Å²) in [5.74, 6) is -0.0581. The quantitative estimate of drug-likeness (QED) is 0.876. The van der Waals surface area contributed by atoms with Crippen LogP contribution in [0.4, 0.5) is 8.78 Å². The molecular formula is C10H8ClF2O3. The molecule has 0 aliphatic carbocycles. The van der Waals surface area contributed by atoms with Gasteiger partial charge < -0.3 is 14.6 Å². The second-order valence-corrected chi connectivity index (χ2v) is 3.64. The molecule has 0 saturated heterocycles. The highest BCUT2D eigenvalue weighted by Crippen LogP contribution is 2.41. The van der Waals surface area contributed by atoms with Crippen molar-refractivity contribution >= 4 is 11.6 Å². The van der Waals surface area contributed by atoms with E-state index in [1.807, 2.05) is 0 Å². The van der Waals surface area contributed by atoms with E-state index >= 15 is 0 Å². The fourth-order valence-corrected chi connectivity index (χ4v) is 1.71. The molecule has 0 amide bonds. The van der Waals surface area contributed by atoms with Crippen molar-refractivity contribution in [3.05, 3.63) is 28.8 Å². The number of aliphatic hydroxyl groups excluding tert-OH is 1. The van der Waals surface area contributed by atoms with Crippen LogP contribution in [0.25, 0.3) is 0 Å². The largest absolute Gasteiger partial charge is 0.489 e. The van der Waals surface area contributed by atoms with E-state index in [1.165, 1.54) is 12.1 Å². The van der Waals surface area contributed by atoms with E-state index in [1.54, 1.807) is 0 Å². The Balaban J connectivity index is 2.44.